The van der Waals surface area contributed by atoms with Gasteiger partial charge < -0.3 is 20.3 Å². The number of hydrogen-bond donors (Lipinski definition) is 2. The quantitative estimate of drug-likeness (QED) is 0.803. The zero-order chi connectivity index (χ0) is 20.8. The molecule has 0 aliphatic carbocycles. The molecule has 0 radical (unpaired) electrons. The van der Waals surface area contributed by atoms with Crippen molar-refractivity contribution in [2.24, 2.45) is 0 Å². The Hall–Kier alpha value is -3.16. The van der Waals surface area contributed by atoms with Gasteiger partial charge >= 0.3 is 6.03 Å². The molecule has 1 heterocycles. The van der Waals surface area contributed by atoms with Gasteiger partial charge in [0.15, 0.2) is 0 Å². The summed E-state index contributed by atoms with van der Waals surface area (Å²) in [5.41, 5.74) is 1.72. The van der Waals surface area contributed by atoms with E-state index in [2.05, 4.69) is 10.6 Å². The lowest BCUT2D eigenvalue weighted by atomic mass is 10.0. The highest BCUT2D eigenvalue weighted by atomic mass is 19.1. The Bertz CT molecular complexity index is 905. The van der Waals surface area contributed by atoms with Gasteiger partial charge in [-0.15, -0.1) is 0 Å². The molecule has 2 N–H and O–H groups in total. The van der Waals surface area contributed by atoms with Crippen molar-refractivity contribution in [3.05, 3.63) is 59.2 Å². The van der Waals surface area contributed by atoms with E-state index in [4.69, 9.17) is 4.74 Å². The Kier molecular flexibility index (Phi) is 6.64. The predicted octanol–water partition coefficient (Wildman–Crippen LogP) is 3.46. The van der Waals surface area contributed by atoms with E-state index in [-0.39, 0.29) is 24.0 Å². The molecule has 29 heavy (non-hydrogen) atoms. The molecule has 6 nitrogen and oxygen atoms in total. The van der Waals surface area contributed by atoms with Gasteiger partial charge in [-0.2, -0.15) is 0 Å². The molecule has 0 bridgehead atoms. The van der Waals surface area contributed by atoms with E-state index in [0.717, 1.165) is 29.0 Å². The largest absolute Gasteiger partial charge is 0.491 e. The van der Waals surface area contributed by atoms with Crippen LogP contribution in [0.2, 0.25) is 0 Å². The minimum Gasteiger partial charge on any atom is -0.491 e. The van der Waals surface area contributed by atoms with E-state index in [0.29, 0.717) is 32.7 Å². The van der Waals surface area contributed by atoms with Crippen LogP contribution in [-0.2, 0) is 17.8 Å². The molecule has 1 aliphatic rings. The van der Waals surface area contributed by atoms with Crippen LogP contribution in [0, 0.1) is 11.6 Å². The van der Waals surface area contributed by atoms with Crippen LogP contribution < -0.4 is 15.4 Å². The number of carbonyl (C=O) groups is 2. The molecule has 0 unspecified atom stereocenters. The summed E-state index contributed by atoms with van der Waals surface area (Å²) in [5, 5.41) is 5.23. The van der Waals surface area contributed by atoms with E-state index in [1.165, 1.54) is 6.07 Å². The molecule has 0 spiro atoms. The monoisotopic (exact) mass is 403 g/mol. The summed E-state index contributed by atoms with van der Waals surface area (Å²) in [6.07, 6.45) is 0.569. The van der Waals surface area contributed by atoms with Crippen LogP contribution >= 0.6 is 0 Å². The zero-order valence-corrected chi connectivity index (χ0v) is 16.1. The standard InChI is InChI=1S/C21H23F2N3O3/c1-2-24-21(28)26-9-10-29-19-7-3-14(11-15(19)13-26)4-8-20(27)25-18-6-5-16(22)12-17(18)23/h3,5-7,11-12H,2,4,8-10,13H2,1H3,(H,24,28)(H,25,27). The van der Waals surface area contributed by atoms with Crippen molar-refractivity contribution in [2.75, 3.05) is 25.0 Å². The van der Waals surface area contributed by atoms with Gasteiger partial charge in [0.25, 0.3) is 0 Å². The maximum Gasteiger partial charge on any atom is 0.317 e. The third-order valence-corrected chi connectivity index (χ3v) is 4.57. The molecule has 2 aromatic rings. The zero-order valence-electron chi connectivity index (χ0n) is 16.1. The first kappa shape index (κ1) is 20.6. The van der Waals surface area contributed by atoms with Gasteiger partial charge in [-0.25, -0.2) is 13.6 Å². The molecule has 8 heteroatoms. The third-order valence-electron chi connectivity index (χ3n) is 4.57. The second-order valence-corrected chi connectivity index (χ2v) is 6.72. The fourth-order valence-corrected chi connectivity index (χ4v) is 3.10. The van der Waals surface area contributed by atoms with Crippen molar-refractivity contribution in [1.82, 2.24) is 10.2 Å². The van der Waals surface area contributed by atoms with Gasteiger partial charge in [0.1, 0.15) is 24.0 Å². The SMILES string of the molecule is CCNC(=O)N1CCOc2ccc(CCC(=O)Nc3ccc(F)cc3F)cc2C1. The summed E-state index contributed by atoms with van der Waals surface area (Å²) >= 11 is 0. The number of nitrogens with zero attached hydrogens (tertiary/aromatic N) is 1. The first-order valence-corrected chi connectivity index (χ1v) is 9.48. The van der Waals surface area contributed by atoms with Crippen LogP contribution in [0.15, 0.2) is 36.4 Å². The van der Waals surface area contributed by atoms with Crippen molar-refractivity contribution in [2.45, 2.75) is 26.3 Å². The molecule has 0 aromatic heterocycles. The first-order valence-electron chi connectivity index (χ1n) is 9.48. The number of carbonyl (C=O) groups excluding carboxylic acids is 2. The lowest BCUT2D eigenvalue weighted by Crippen LogP contribution is -2.40. The number of rotatable bonds is 5. The predicted molar refractivity (Wildman–Crippen MR) is 105 cm³/mol. The van der Waals surface area contributed by atoms with E-state index < -0.39 is 11.6 Å². The van der Waals surface area contributed by atoms with Crippen LogP contribution in [0.25, 0.3) is 0 Å². The molecule has 0 atom stereocenters. The van der Waals surface area contributed by atoms with E-state index in [1.807, 2.05) is 25.1 Å². The van der Waals surface area contributed by atoms with Crippen LogP contribution in [0.1, 0.15) is 24.5 Å². The number of hydrogen-bond acceptors (Lipinski definition) is 3. The van der Waals surface area contributed by atoms with Gasteiger partial charge in [0.05, 0.1) is 18.8 Å². The fourth-order valence-electron chi connectivity index (χ4n) is 3.10. The number of anilines is 1. The lowest BCUT2D eigenvalue weighted by Gasteiger charge is -2.20. The molecule has 0 saturated carbocycles. The number of nitrogens with one attached hydrogen (secondary N) is 2. The fraction of sp³-hybridized carbons (Fsp3) is 0.333. The van der Waals surface area contributed by atoms with Crippen molar-refractivity contribution < 1.29 is 23.1 Å². The van der Waals surface area contributed by atoms with E-state index in [1.54, 1.807) is 4.90 Å². The summed E-state index contributed by atoms with van der Waals surface area (Å²) < 4.78 is 32.3. The summed E-state index contributed by atoms with van der Waals surface area (Å²) in [5.74, 6) is -1.16. The number of halogens is 2. The van der Waals surface area contributed by atoms with E-state index >= 15 is 0 Å². The molecule has 0 fully saturated rings. The van der Waals surface area contributed by atoms with Crippen LogP contribution in [0.3, 0.4) is 0 Å². The summed E-state index contributed by atoms with van der Waals surface area (Å²) in [6.45, 7) is 3.73. The Labute approximate surface area is 167 Å². The molecular formula is C21H23F2N3O3. The highest BCUT2D eigenvalue weighted by molar-refractivity contribution is 5.90. The molecule has 0 saturated heterocycles. The highest BCUT2D eigenvalue weighted by Crippen LogP contribution is 2.25. The second-order valence-electron chi connectivity index (χ2n) is 6.72. The normalized spacial score (nSPS) is 13.1. The molecule has 1 aliphatic heterocycles. The van der Waals surface area contributed by atoms with Gasteiger partial charge in [0, 0.05) is 24.6 Å². The Morgan fingerprint density at radius 3 is 2.76 bits per heavy atom. The van der Waals surface area contributed by atoms with Crippen LogP contribution in [-0.4, -0.2) is 36.5 Å². The summed E-state index contributed by atoms with van der Waals surface area (Å²) in [7, 11) is 0. The first-order chi connectivity index (χ1) is 14.0. The maximum atomic E-state index is 13.7. The molecule has 3 rings (SSSR count). The van der Waals surface area contributed by atoms with Crippen molar-refractivity contribution in [3.63, 3.8) is 0 Å². The van der Waals surface area contributed by atoms with Crippen LogP contribution in [0.5, 0.6) is 5.75 Å². The Morgan fingerprint density at radius 1 is 1.17 bits per heavy atom. The lowest BCUT2D eigenvalue weighted by molar-refractivity contribution is -0.116. The average Bonchev–Trinajstić information content (AvgIpc) is 2.91. The average molecular weight is 403 g/mol. The van der Waals surface area contributed by atoms with Gasteiger partial charge in [0.2, 0.25) is 5.91 Å². The second kappa shape index (κ2) is 9.36. The number of amides is 3. The minimum atomic E-state index is -0.814. The number of aryl methyl sites for hydroxylation is 1. The molecule has 2 aromatic carbocycles. The van der Waals surface area contributed by atoms with Gasteiger partial charge in [-0.1, -0.05) is 12.1 Å². The summed E-state index contributed by atoms with van der Waals surface area (Å²) in [6, 6.07) is 8.48. The highest BCUT2D eigenvalue weighted by Gasteiger charge is 2.19. The molecule has 154 valence electrons. The number of urea groups is 1. The summed E-state index contributed by atoms with van der Waals surface area (Å²) in [4.78, 5) is 25.9. The third kappa shape index (κ3) is 5.43. The molecule has 3 amide bonds. The van der Waals surface area contributed by atoms with Gasteiger partial charge in [-0.05, 0) is 37.1 Å². The Balaban J connectivity index is 1.62. The topological polar surface area (TPSA) is 70.7 Å². The number of benzene rings is 2. The maximum absolute atomic E-state index is 13.7. The smallest absolute Gasteiger partial charge is 0.317 e. The van der Waals surface area contributed by atoms with Crippen LogP contribution in [0.4, 0.5) is 19.3 Å². The Morgan fingerprint density at radius 2 is 2.00 bits per heavy atom. The van der Waals surface area contributed by atoms with Gasteiger partial charge in [-0.3, -0.25) is 4.79 Å². The number of ether oxygens (including phenoxy) is 1. The van der Waals surface area contributed by atoms with Crippen molar-refractivity contribution in [3.8, 4) is 5.75 Å². The number of fused-ring (bicyclic) bond motifs is 1. The minimum absolute atomic E-state index is 0.0516. The van der Waals surface area contributed by atoms with Crippen molar-refractivity contribution >= 4 is 17.6 Å². The van der Waals surface area contributed by atoms with E-state index in [9.17, 15) is 18.4 Å². The molecular weight excluding hydrogens is 380 g/mol. The van der Waals surface area contributed by atoms with Crippen molar-refractivity contribution in [1.29, 1.82) is 0 Å².